The van der Waals surface area contributed by atoms with E-state index in [0.29, 0.717) is 22.9 Å². The van der Waals surface area contributed by atoms with Crippen molar-refractivity contribution in [1.29, 1.82) is 0 Å². The van der Waals surface area contributed by atoms with Crippen molar-refractivity contribution in [3.05, 3.63) is 83.9 Å². The Bertz CT molecular complexity index is 975. The highest BCUT2D eigenvalue weighted by Gasteiger charge is 2.19. The highest BCUT2D eigenvalue weighted by Crippen LogP contribution is 2.23. The Balaban J connectivity index is 1.61. The molecule has 2 atom stereocenters. The highest BCUT2D eigenvalue weighted by molar-refractivity contribution is 6.02. The van der Waals surface area contributed by atoms with Crippen LogP contribution in [0.15, 0.2) is 72.8 Å². The molecule has 3 aromatic rings. The van der Waals surface area contributed by atoms with Crippen LogP contribution in [0.3, 0.4) is 0 Å². The van der Waals surface area contributed by atoms with Crippen molar-refractivity contribution in [2.45, 2.75) is 39.9 Å². The summed E-state index contributed by atoms with van der Waals surface area (Å²) < 4.78 is 11.4. The van der Waals surface area contributed by atoms with Crippen LogP contribution in [-0.4, -0.2) is 24.0 Å². The molecule has 6 nitrogen and oxygen atoms in total. The minimum absolute atomic E-state index is 0.323. The summed E-state index contributed by atoms with van der Waals surface area (Å²) in [7, 11) is 0. The number of rotatable bonds is 8. The van der Waals surface area contributed by atoms with Gasteiger partial charge in [-0.25, -0.2) is 0 Å². The molecule has 0 radical (unpaired) electrons. The van der Waals surface area contributed by atoms with Crippen LogP contribution in [0.25, 0.3) is 0 Å². The third-order valence-electron chi connectivity index (χ3n) is 4.85. The zero-order valence-electron chi connectivity index (χ0n) is 18.7. The lowest BCUT2D eigenvalue weighted by Gasteiger charge is -2.18. The maximum Gasteiger partial charge on any atom is 0.265 e. The first-order valence-corrected chi connectivity index (χ1v) is 10.5. The Morgan fingerprint density at radius 2 is 0.969 bits per heavy atom. The first-order valence-electron chi connectivity index (χ1n) is 10.5. The molecule has 0 aromatic heterocycles. The number of benzene rings is 3. The van der Waals surface area contributed by atoms with E-state index in [1.165, 1.54) is 0 Å². The van der Waals surface area contributed by atoms with Gasteiger partial charge < -0.3 is 20.1 Å². The number of ether oxygens (including phenoxy) is 2. The number of aryl methyl sites for hydroxylation is 2. The molecule has 0 aliphatic heterocycles. The van der Waals surface area contributed by atoms with Crippen molar-refractivity contribution in [2.24, 2.45) is 0 Å². The Kier molecular flexibility index (Phi) is 7.49. The molecule has 6 heteroatoms. The maximum absolute atomic E-state index is 12.7. The van der Waals surface area contributed by atoms with Gasteiger partial charge in [0.2, 0.25) is 0 Å². The minimum atomic E-state index is -0.717. The molecule has 2 N–H and O–H groups in total. The first-order chi connectivity index (χ1) is 15.3. The quantitative estimate of drug-likeness (QED) is 0.518. The first kappa shape index (κ1) is 22.9. The second-order valence-corrected chi connectivity index (χ2v) is 7.67. The van der Waals surface area contributed by atoms with E-state index in [1.807, 2.05) is 62.4 Å². The third-order valence-corrected chi connectivity index (χ3v) is 4.85. The summed E-state index contributed by atoms with van der Waals surface area (Å²) in [5, 5.41) is 5.65. The van der Waals surface area contributed by atoms with Gasteiger partial charge in [0.05, 0.1) is 11.4 Å². The van der Waals surface area contributed by atoms with E-state index in [2.05, 4.69) is 10.6 Å². The Morgan fingerprint density at radius 3 is 1.31 bits per heavy atom. The van der Waals surface area contributed by atoms with E-state index >= 15 is 0 Å². The predicted molar refractivity (Wildman–Crippen MR) is 126 cm³/mol. The van der Waals surface area contributed by atoms with Crippen molar-refractivity contribution in [3.8, 4) is 11.5 Å². The summed E-state index contributed by atoms with van der Waals surface area (Å²) >= 11 is 0. The average Bonchev–Trinajstić information content (AvgIpc) is 2.78. The standard InChI is InChI=1S/C26H28N2O4/c1-17-9-13-21(14-10-17)31-19(3)25(29)27-23-7-5-6-8-24(23)28-26(30)20(4)32-22-15-11-18(2)12-16-22/h5-16,19-20H,1-4H3,(H,27,29)(H,28,30)/t19-,20-/m1/s1. The number of carbonyl (C=O) groups excluding carboxylic acids is 2. The summed E-state index contributed by atoms with van der Waals surface area (Å²) in [5.41, 5.74) is 3.18. The summed E-state index contributed by atoms with van der Waals surface area (Å²) in [5.74, 6) is 0.580. The van der Waals surface area contributed by atoms with E-state index < -0.39 is 12.2 Å². The van der Waals surface area contributed by atoms with Gasteiger partial charge in [0.1, 0.15) is 11.5 Å². The van der Waals surface area contributed by atoms with Crippen LogP contribution < -0.4 is 20.1 Å². The smallest absolute Gasteiger partial charge is 0.265 e. The van der Waals surface area contributed by atoms with Crippen LogP contribution in [0.4, 0.5) is 11.4 Å². The zero-order valence-corrected chi connectivity index (χ0v) is 18.7. The van der Waals surface area contributed by atoms with Crippen molar-refractivity contribution in [1.82, 2.24) is 0 Å². The van der Waals surface area contributed by atoms with Crippen LogP contribution in [0.5, 0.6) is 11.5 Å². The Morgan fingerprint density at radius 1 is 0.625 bits per heavy atom. The number of anilines is 2. The summed E-state index contributed by atoms with van der Waals surface area (Å²) in [6.45, 7) is 7.32. The Labute approximate surface area is 188 Å². The monoisotopic (exact) mass is 432 g/mol. The van der Waals surface area contributed by atoms with E-state index in [0.717, 1.165) is 11.1 Å². The second kappa shape index (κ2) is 10.5. The zero-order chi connectivity index (χ0) is 23.1. The molecule has 0 heterocycles. The lowest BCUT2D eigenvalue weighted by Crippen LogP contribution is -2.32. The minimum Gasteiger partial charge on any atom is -0.481 e. The second-order valence-electron chi connectivity index (χ2n) is 7.67. The SMILES string of the molecule is Cc1ccc(O[C@H](C)C(=O)Nc2ccccc2NC(=O)[C@@H](C)Oc2ccc(C)cc2)cc1. The van der Waals surface area contributed by atoms with Gasteiger partial charge >= 0.3 is 0 Å². The molecule has 166 valence electrons. The molecule has 2 amide bonds. The fraction of sp³-hybridized carbons (Fsp3) is 0.231. The van der Waals surface area contributed by atoms with Crippen molar-refractivity contribution < 1.29 is 19.1 Å². The molecule has 0 bridgehead atoms. The van der Waals surface area contributed by atoms with Gasteiger partial charge in [0.15, 0.2) is 12.2 Å². The van der Waals surface area contributed by atoms with Crippen LogP contribution in [0.1, 0.15) is 25.0 Å². The number of para-hydroxylation sites is 2. The maximum atomic E-state index is 12.7. The van der Waals surface area contributed by atoms with Crippen LogP contribution in [-0.2, 0) is 9.59 Å². The molecule has 0 fully saturated rings. The molecule has 0 aliphatic rings. The van der Waals surface area contributed by atoms with Crippen LogP contribution >= 0.6 is 0 Å². The molecule has 0 unspecified atom stereocenters. The van der Waals surface area contributed by atoms with Gasteiger partial charge in [-0.05, 0) is 64.1 Å². The number of hydrogen-bond donors (Lipinski definition) is 2. The van der Waals surface area contributed by atoms with E-state index in [1.54, 1.807) is 38.1 Å². The van der Waals surface area contributed by atoms with Gasteiger partial charge in [0, 0.05) is 0 Å². The summed E-state index contributed by atoms with van der Waals surface area (Å²) in [4.78, 5) is 25.3. The summed E-state index contributed by atoms with van der Waals surface area (Å²) in [6.07, 6.45) is -1.43. The normalized spacial score (nSPS) is 12.4. The van der Waals surface area contributed by atoms with E-state index in [-0.39, 0.29) is 11.8 Å². The molecular formula is C26H28N2O4. The van der Waals surface area contributed by atoms with E-state index in [4.69, 9.17) is 9.47 Å². The molecule has 0 spiro atoms. The van der Waals surface area contributed by atoms with Gasteiger partial charge in [-0.2, -0.15) is 0 Å². The molecule has 3 aromatic carbocycles. The highest BCUT2D eigenvalue weighted by atomic mass is 16.5. The van der Waals surface area contributed by atoms with Gasteiger partial charge in [-0.15, -0.1) is 0 Å². The molecule has 0 saturated carbocycles. The third kappa shape index (κ3) is 6.35. The number of carbonyl (C=O) groups is 2. The average molecular weight is 433 g/mol. The van der Waals surface area contributed by atoms with Crippen LogP contribution in [0.2, 0.25) is 0 Å². The van der Waals surface area contributed by atoms with Crippen molar-refractivity contribution in [3.63, 3.8) is 0 Å². The molecule has 0 saturated heterocycles. The lowest BCUT2D eigenvalue weighted by atomic mass is 10.2. The number of nitrogens with one attached hydrogen (secondary N) is 2. The van der Waals surface area contributed by atoms with Crippen molar-refractivity contribution >= 4 is 23.2 Å². The van der Waals surface area contributed by atoms with Gasteiger partial charge in [0.25, 0.3) is 11.8 Å². The predicted octanol–water partition coefficient (Wildman–Crippen LogP) is 5.12. The fourth-order valence-corrected chi connectivity index (χ4v) is 2.92. The van der Waals surface area contributed by atoms with Crippen LogP contribution in [0, 0.1) is 13.8 Å². The Hall–Kier alpha value is -3.80. The van der Waals surface area contributed by atoms with Crippen molar-refractivity contribution in [2.75, 3.05) is 10.6 Å². The number of hydrogen-bond acceptors (Lipinski definition) is 4. The van der Waals surface area contributed by atoms with Gasteiger partial charge in [-0.3, -0.25) is 9.59 Å². The molecule has 32 heavy (non-hydrogen) atoms. The van der Waals surface area contributed by atoms with Gasteiger partial charge in [-0.1, -0.05) is 47.5 Å². The molecular weight excluding hydrogens is 404 g/mol. The lowest BCUT2D eigenvalue weighted by molar-refractivity contribution is -0.122. The fourth-order valence-electron chi connectivity index (χ4n) is 2.92. The number of amides is 2. The topological polar surface area (TPSA) is 76.7 Å². The van der Waals surface area contributed by atoms with E-state index in [9.17, 15) is 9.59 Å². The summed E-state index contributed by atoms with van der Waals surface area (Å²) in [6, 6.07) is 22.0. The molecule has 0 aliphatic carbocycles. The largest absolute Gasteiger partial charge is 0.481 e. The molecule has 3 rings (SSSR count).